The van der Waals surface area contributed by atoms with E-state index in [1.807, 2.05) is 0 Å². The van der Waals surface area contributed by atoms with Crippen LogP contribution >= 0.6 is 0 Å². The van der Waals surface area contributed by atoms with Gasteiger partial charge in [-0.25, -0.2) is 0 Å². The van der Waals surface area contributed by atoms with Gasteiger partial charge < -0.3 is 11.3 Å². The van der Waals surface area contributed by atoms with Gasteiger partial charge in [0.2, 0.25) is 0 Å². The molecule has 4 heteroatoms. The van der Waals surface area contributed by atoms with Crippen LogP contribution in [0.3, 0.4) is 0 Å². The van der Waals surface area contributed by atoms with Gasteiger partial charge in [-0.1, -0.05) is 0 Å². The second kappa shape index (κ2) is 8.96. The van der Waals surface area contributed by atoms with E-state index < -0.39 is 5.97 Å². The fourth-order valence-electron chi connectivity index (χ4n) is 0. The van der Waals surface area contributed by atoms with Crippen molar-refractivity contribution in [1.82, 2.24) is 6.15 Å². The van der Waals surface area contributed by atoms with Gasteiger partial charge in [-0.2, -0.15) is 0 Å². The third-order valence-corrected chi connectivity index (χ3v) is 0. The summed E-state index contributed by atoms with van der Waals surface area (Å²) in [5, 5.41) is 7.42. The molecule has 6 heavy (non-hydrogen) atoms. The number of carboxylic acid groups (broad SMARTS) is 1. The molecule has 0 spiro atoms. The van der Waals surface area contributed by atoms with Gasteiger partial charge in [0.05, 0.1) is 0 Å². The largest absolute Gasteiger partial charge is 0.481 e. The molecule has 0 rings (SSSR count). The zero-order chi connectivity index (χ0) is 3.58. The molecule has 0 aliphatic heterocycles. The molecule has 3 nitrogen and oxygen atoms in total. The van der Waals surface area contributed by atoms with Crippen molar-refractivity contribution in [2.24, 2.45) is 0 Å². The first-order chi connectivity index (χ1) is 1.73. The Morgan fingerprint density at radius 3 is 1.67 bits per heavy atom. The Hall–Kier alpha value is 0.196. The van der Waals surface area contributed by atoms with Gasteiger partial charge in [-0.05, 0) is 0 Å². The molecule has 0 bridgehead atoms. The quantitative estimate of drug-likeness (QED) is 0.418. The Bertz CT molecular complexity index is 34.5. The molecule has 0 unspecified atom stereocenters. The Kier molecular flexibility index (Phi) is 24.4. The zero-order valence-corrected chi connectivity index (χ0v) is 5.18. The molecule has 0 saturated carbocycles. The summed E-state index contributed by atoms with van der Waals surface area (Å²) in [6.45, 7) is 1.08. The van der Waals surface area contributed by atoms with Gasteiger partial charge in [-0.15, -0.1) is 0 Å². The van der Waals surface area contributed by atoms with Gasteiger partial charge in [0.15, 0.2) is 0 Å². The Morgan fingerprint density at radius 2 is 1.67 bits per heavy atom. The van der Waals surface area contributed by atoms with E-state index in [0.717, 1.165) is 6.92 Å². The fraction of sp³-hybridized carbons (Fsp3) is 0.500. The summed E-state index contributed by atoms with van der Waals surface area (Å²) in [5.74, 6) is -0.833. The highest BCUT2D eigenvalue weighted by Gasteiger charge is 1.65. The Balaban J connectivity index is -0.0000000450. The number of carbonyl (C=O) groups is 1. The fourth-order valence-corrected chi connectivity index (χ4v) is 0. The molecule has 0 aliphatic carbocycles. The highest BCUT2D eigenvalue weighted by molar-refractivity contribution is 5.75. The summed E-state index contributed by atoms with van der Waals surface area (Å²) in [4.78, 5) is 9.00. The molecule has 4 N–H and O–H groups in total. The number of hydrogen-bond acceptors (Lipinski definition) is 2. The maximum absolute atomic E-state index is 9.00. The van der Waals surface area contributed by atoms with E-state index in [9.17, 15) is 0 Å². The van der Waals surface area contributed by atoms with Gasteiger partial charge in [-0.3, -0.25) is 4.79 Å². The smallest absolute Gasteiger partial charge is 0.300 e. The van der Waals surface area contributed by atoms with Crippen LogP contribution in [0.4, 0.5) is 0 Å². The highest BCUT2D eigenvalue weighted by atomic mass is 24.3. The van der Waals surface area contributed by atoms with Crippen LogP contribution in [-0.2, 0) is 4.79 Å². The second-order valence-electron chi connectivity index (χ2n) is 0.519. The molecule has 0 aliphatic rings. The van der Waals surface area contributed by atoms with Crippen LogP contribution in [0.15, 0.2) is 0 Å². The lowest BCUT2D eigenvalue weighted by atomic mass is 10.9. The predicted molar refractivity (Wildman–Crippen MR) is 24.1 cm³/mol. The van der Waals surface area contributed by atoms with Crippen LogP contribution in [0.25, 0.3) is 0 Å². The van der Waals surface area contributed by atoms with Crippen LogP contribution in [0.2, 0.25) is 0 Å². The summed E-state index contributed by atoms with van der Waals surface area (Å²) in [6.07, 6.45) is 0. The van der Waals surface area contributed by atoms with Crippen LogP contribution in [0.1, 0.15) is 6.92 Å². The standard InChI is InChI=1S/C2H4O2.Mg.H3N/c1-2(3)4;;/h1H3,(H,3,4);;1H3. The molecule has 0 amide bonds. The normalized spacial score (nSPS) is 4.17. The van der Waals surface area contributed by atoms with Crippen molar-refractivity contribution in [3.8, 4) is 0 Å². The van der Waals surface area contributed by atoms with Crippen LogP contribution < -0.4 is 6.15 Å². The summed E-state index contributed by atoms with van der Waals surface area (Å²) in [5.41, 5.74) is 0. The topological polar surface area (TPSA) is 72.3 Å². The minimum absolute atomic E-state index is 0. The van der Waals surface area contributed by atoms with Gasteiger partial charge in [0, 0.05) is 30.0 Å². The maximum atomic E-state index is 9.00. The highest BCUT2D eigenvalue weighted by Crippen LogP contribution is 1.42. The molecule has 0 aromatic rings. The Labute approximate surface area is 52.5 Å². The van der Waals surface area contributed by atoms with Crippen molar-refractivity contribution in [3.63, 3.8) is 0 Å². The first kappa shape index (κ1) is 16.4. The molecule has 0 aromatic carbocycles. The van der Waals surface area contributed by atoms with Crippen molar-refractivity contribution >= 4 is 29.0 Å². The average molecular weight is 101 g/mol. The molecular weight excluding hydrogens is 94.3 g/mol. The van der Waals surface area contributed by atoms with Gasteiger partial charge in [0.25, 0.3) is 5.97 Å². The van der Waals surface area contributed by atoms with Crippen molar-refractivity contribution < 1.29 is 9.90 Å². The Morgan fingerprint density at radius 1 is 1.67 bits per heavy atom. The number of aliphatic carboxylic acids is 1. The average Bonchev–Trinajstić information content (AvgIpc) is 0.811. The monoisotopic (exact) mass is 101 g/mol. The minimum atomic E-state index is -0.833. The van der Waals surface area contributed by atoms with E-state index in [0.29, 0.717) is 0 Å². The lowest BCUT2D eigenvalue weighted by molar-refractivity contribution is -0.134. The van der Waals surface area contributed by atoms with E-state index in [2.05, 4.69) is 0 Å². The van der Waals surface area contributed by atoms with Gasteiger partial charge in [0.1, 0.15) is 0 Å². The number of rotatable bonds is 0. The first-order valence-corrected chi connectivity index (χ1v) is 0.928. The van der Waals surface area contributed by atoms with Crippen LogP contribution in [0, 0.1) is 0 Å². The molecule has 2 radical (unpaired) electrons. The number of carboxylic acids is 1. The van der Waals surface area contributed by atoms with Crippen molar-refractivity contribution in [2.45, 2.75) is 6.92 Å². The molecule has 0 fully saturated rings. The summed E-state index contributed by atoms with van der Waals surface area (Å²) in [6, 6.07) is 0. The molecule has 0 aromatic heterocycles. The molecular formula is C2H7MgNO2. The molecule has 0 heterocycles. The summed E-state index contributed by atoms with van der Waals surface area (Å²) in [7, 11) is 0. The summed E-state index contributed by atoms with van der Waals surface area (Å²) < 4.78 is 0. The zero-order valence-electron chi connectivity index (χ0n) is 3.77. The van der Waals surface area contributed by atoms with Crippen LogP contribution in [0.5, 0.6) is 0 Å². The first-order valence-electron chi connectivity index (χ1n) is 0.928. The second-order valence-corrected chi connectivity index (χ2v) is 0.519. The van der Waals surface area contributed by atoms with Crippen LogP contribution in [-0.4, -0.2) is 34.1 Å². The van der Waals surface area contributed by atoms with E-state index in [1.54, 1.807) is 0 Å². The van der Waals surface area contributed by atoms with Crippen molar-refractivity contribution in [1.29, 1.82) is 0 Å². The van der Waals surface area contributed by atoms with E-state index >= 15 is 0 Å². The summed E-state index contributed by atoms with van der Waals surface area (Å²) >= 11 is 0. The third kappa shape index (κ3) is 1110. The lowest BCUT2D eigenvalue weighted by Gasteiger charge is -1.59. The number of hydrogen-bond donors (Lipinski definition) is 2. The SMILES string of the molecule is CC(=O)O.N.[Mg]. The predicted octanol–water partition coefficient (Wildman–Crippen LogP) is -0.128. The van der Waals surface area contributed by atoms with E-state index in [4.69, 9.17) is 9.90 Å². The van der Waals surface area contributed by atoms with Crippen molar-refractivity contribution in [3.05, 3.63) is 0 Å². The van der Waals surface area contributed by atoms with Crippen molar-refractivity contribution in [2.75, 3.05) is 0 Å². The molecule has 0 atom stereocenters. The van der Waals surface area contributed by atoms with E-state index in [-0.39, 0.29) is 29.2 Å². The maximum Gasteiger partial charge on any atom is 0.300 e. The van der Waals surface area contributed by atoms with E-state index in [1.165, 1.54) is 0 Å². The van der Waals surface area contributed by atoms with Gasteiger partial charge >= 0.3 is 0 Å². The molecule has 34 valence electrons. The lowest BCUT2D eigenvalue weighted by Crippen LogP contribution is -1.78. The third-order valence-electron chi connectivity index (χ3n) is 0. The molecule has 0 saturated heterocycles. The minimum Gasteiger partial charge on any atom is -0.481 e.